The van der Waals surface area contributed by atoms with E-state index in [0.717, 1.165) is 12.8 Å². The quantitative estimate of drug-likeness (QED) is 0.608. The summed E-state index contributed by atoms with van der Waals surface area (Å²) in [4.78, 5) is 11.3. The molecule has 0 aliphatic heterocycles. The third kappa shape index (κ3) is 2.83. The second-order valence-electron chi connectivity index (χ2n) is 2.71. The molecule has 0 atom stereocenters. The molecule has 0 saturated heterocycles. The Balaban J connectivity index is 4.09. The van der Waals surface area contributed by atoms with Crippen molar-refractivity contribution in [2.75, 3.05) is 0 Å². The first-order valence-corrected chi connectivity index (χ1v) is 4.28. The maximum absolute atomic E-state index is 11.3. The highest BCUT2D eigenvalue weighted by atomic mass is 16.1. The van der Waals surface area contributed by atoms with Gasteiger partial charge in [0.2, 0.25) is 0 Å². The molecule has 0 radical (unpaired) electrons. The molecule has 2 nitrogen and oxygen atoms in total. The summed E-state index contributed by atoms with van der Waals surface area (Å²) in [7, 11) is 0. The molecule has 0 fully saturated rings. The molecule has 1 N–H and O–H groups in total. The smallest absolute Gasteiger partial charge is 0.179 e. The molecule has 2 heteroatoms. The van der Waals surface area contributed by atoms with Gasteiger partial charge in [-0.15, -0.1) is 0 Å². The van der Waals surface area contributed by atoms with Crippen molar-refractivity contribution in [2.45, 2.75) is 40.0 Å². The SMILES string of the molecule is CCC(=N)C(=O)C(CC)CC. The largest absolute Gasteiger partial charge is 0.302 e. The van der Waals surface area contributed by atoms with Crippen LogP contribution in [0.1, 0.15) is 40.0 Å². The standard InChI is InChI=1S/C9H17NO/c1-4-7(5-2)9(11)8(10)6-3/h7,10H,4-6H2,1-3H3. The number of hydrogen-bond acceptors (Lipinski definition) is 2. The summed E-state index contributed by atoms with van der Waals surface area (Å²) in [6, 6.07) is 0. The van der Waals surface area contributed by atoms with Crippen LogP contribution >= 0.6 is 0 Å². The van der Waals surface area contributed by atoms with Crippen LogP contribution in [0.15, 0.2) is 0 Å². The fourth-order valence-corrected chi connectivity index (χ4v) is 1.08. The molecule has 0 aromatic carbocycles. The predicted molar refractivity (Wildman–Crippen MR) is 47.1 cm³/mol. The van der Waals surface area contributed by atoms with Gasteiger partial charge < -0.3 is 5.41 Å². The molecule has 0 aliphatic rings. The summed E-state index contributed by atoms with van der Waals surface area (Å²) in [5, 5.41) is 7.33. The van der Waals surface area contributed by atoms with E-state index >= 15 is 0 Å². The number of ketones is 1. The van der Waals surface area contributed by atoms with E-state index in [0.29, 0.717) is 6.42 Å². The highest BCUT2D eigenvalue weighted by molar-refractivity contribution is 6.39. The van der Waals surface area contributed by atoms with Crippen molar-refractivity contribution in [3.63, 3.8) is 0 Å². The van der Waals surface area contributed by atoms with E-state index < -0.39 is 0 Å². The molecule has 0 aromatic rings. The van der Waals surface area contributed by atoms with Crippen molar-refractivity contribution in [2.24, 2.45) is 5.92 Å². The predicted octanol–water partition coefficient (Wildman–Crippen LogP) is 2.42. The lowest BCUT2D eigenvalue weighted by atomic mass is 9.94. The second kappa shape index (κ2) is 5.05. The lowest BCUT2D eigenvalue weighted by Crippen LogP contribution is -2.21. The number of nitrogens with one attached hydrogen (secondary N) is 1. The zero-order valence-electron chi connectivity index (χ0n) is 7.61. The molecule has 0 saturated carbocycles. The monoisotopic (exact) mass is 155 g/mol. The maximum Gasteiger partial charge on any atom is 0.179 e. The molecule has 0 bridgehead atoms. The number of carbonyl (C=O) groups is 1. The third-order valence-corrected chi connectivity index (χ3v) is 2.01. The van der Waals surface area contributed by atoms with Gasteiger partial charge in [-0.2, -0.15) is 0 Å². The number of carbonyl (C=O) groups excluding carboxylic acids is 1. The van der Waals surface area contributed by atoms with Crippen LogP contribution in [0.4, 0.5) is 0 Å². The molecule has 0 heterocycles. The number of Topliss-reactive ketones (excluding diaryl/α,β-unsaturated/α-hetero) is 1. The van der Waals surface area contributed by atoms with Gasteiger partial charge >= 0.3 is 0 Å². The summed E-state index contributed by atoms with van der Waals surface area (Å²) >= 11 is 0. The van der Waals surface area contributed by atoms with Crippen LogP contribution in [0.2, 0.25) is 0 Å². The average molecular weight is 155 g/mol. The van der Waals surface area contributed by atoms with Gasteiger partial charge in [0.1, 0.15) is 0 Å². The van der Waals surface area contributed by atoms with Crippen molar-refractivity contribution in [3.05, 3.63) is 0 Å². The van der Waals surface area contributed by atoms with Gasteiger partial charge in [-0.1, -0.05) is 20.8 Å². The lowest BCUT2D eigenvalue weighted by Gasteiger charge is -2.09. The van der Waals surface area contributed by atoms with Gasteiger partial charge in [0.15, 0.2) is 5.78 Å². The van der Waals surface area contributed by atoms with Crippen molar-refractivity contribution in [3.8, 4) is 0 Å². The van der Waals surface area contributed by atoms with E-state index in [1.165, 1.54) is 0 Å². The summed E-state index contributed by atoms with van der Waals surface area (Å²) in [6.45, 7) is 5.84. The fourth-order valence-electron chi connectivity index (χ4n) is 1.08. The Morgan fingerprint density at radius 1 is 1.27 bits per heavy atom. The zero-order valence-corrected chi connectivity index (χ0v) is 7.61. The molecule has 0 aromatic heterocycles. The molecule has 0 amide bonds. The third-order valence-electron chi connectivity index (χ3n) is 2.01. The normalized spacial score (nSPS) is 10.2. The minimum atomic E-state index is 0.0394. The van der Waals surface area contributed by atoms with E-state index in [1.54, 1.807) is 0 Å². The van der Waals surface area contributed by atoms with E-state index in [2.05, 4.69) is 0 Å². The van der Waals surface area contributed by atoms with Gasteiger partial charge in [-0.25, -0.2) is 0 Å². The van der Waals surface area contributed by atoms with Crippen LogP contribution in [0.5, 0.6) is 0 Å². The first-order valence-electron chi connectivity index (χ1n) is 4.28. The maximum atomic E-state index is 11.3. The molecular weight excluding hydrogens is 138 g/mol. The van der Waals surface area contributed by atoms with Crippen LogP contribution < -0.4 is 0 Å². The Kier molecular flexibility index (Phi) is 4.75. The highest BCUT2D eigenvalue weighted by Gasteiger charge is 2.16. The Hall–Kier alpha value is -0.660. The van der Waals surface area contributed by atoms with Crippen molar-refractivity contribution in [1.29, 1.82) is 5.41 Å². The second-order valence-corrected chi connectivity index (χ2v) is 2.71. The van der Waals surface area contributed by atoms with Gasteiger partial charge in [0, 0.05) is 5.92 Å². The molecule has 0 unspecified atom stereocenters. The molecule has 11 heavy (non-hydrogen) atoms. The number of hydrogen-bond donors (Lipinski definition) is 1. The van der Waals surface area contributed by atoms with Crippen LogP contribution in [-0.4, -0.2) is 11.5 Å². The molecule has 0 spiro atoms. The highest BCUT2D eigenvalue weighted by Crippen LogP contribution is 2.10. The van der Waals surface area contributed by atoms with Gasteiger partial charge in [-0.05, 0) is 19.3 Å². The summed E-state index contributed by atoms with van der Waals surface area (Å²) in [5.74, 6) is 0.125. The Labute approximate surface area is 68.5 Å². The summed E-state index contributed by atoms with van der Waals surface area (Å²) < 4.78 is 0. The first-order chi connectivity index (χ1) is 5.17. The number of rotatable bonds is 5. The van der Waals surface area contributed by atoms with Crippen LogP contribution in [-0.2, 0) is 4.79 Å². The minimum absolute atomic E-state index is 0.0394. The summed E-state index contributed by atoms with van der Waals surface area (Å²) in [6.07, 6.45) is 2.28. The van der Waals surface area contributed by atoms with Gasteiger partial charge in [0.05, 0.1) is 5.71 Å². The van der Waals surface area contributed by atoms with Crippen molar-refractivity contribution in [1.82, 2.24) is 0 Å². The topological polar surface area (TPSA) is 40.9 Å². The fraction of sp³-hybridized carbons (Fsp3) is 0.778. The molecular formula is C9H17NO. The Bertz CT molecular complexity index is 148. The first kappa shape index (κ1) is 10.3. The Morgan fingerprint density at radius 3 is 2.00 bits per heavy atom. The van der Waals surface area contributed by atoms with Gasteiger partial charge in [0.25, 0.3) is 0 Å². The molecule has 0 aliphatic carbocycles. The van der Waals surface area contributed by atoms with Crippen molar-refractivity contribution >= 4 is 11.5 Å². The lowest BCUT2D eigenvalue weighted by molar-refractivity contribution is -0.116. The van der Waals surface area contributed by atoms with Crippen LogP contribution in [0, 0.1) is 11.3 Å². The minimum Gasteiger partial charge on any atom is -0.302 e. The van der Waals surface area contributed by atoms with E-state index in [9.17, 15) is 4.79 Å². The Morgan fingerprint density at radius 2 is 1.73 bits per heavy atom. The van der Waals surface area contributed by atoms with E-state index in [1.807, 2.05) is 20.8 Å². The van der Waals surface area contributed by atoms with E-state index in [-0.39, 0.29) is 17.4 Å². The zero-order chi connectivity index (χ0) is 8.85. The molecule has 0 rings (SSSR count). The van der Waals surface area contributed by atoms with Crippen LogP contribution in [0.3, 0.4) is 0 Å². The molecule has 64 valence electrons. The van der Waals surface area contributed by atoms with Gasteiger partial charge in [-0.3, -0.25) is 4.79 Å². The van der Waals surface area contributed by atoms with Crippen molar-refractivity contribution < 1.29 is 4.79 Å². The average Bonchev–Trinajstić information content (AvgIpc) is 2.05. The summed E-state index contributed by atoms with van der Waals surface area (Å²) in [5.41, 5.74) is 0.277. The van der Waals surface area contributed by atoms with E-state index in [4.69, 9.17) is 5.41 Å². The van der Waals surface area contributed by atoms with Crippen LogP contribution in [0.25, 0.3) is 0 Å².